The molecule has 2 amide bonds. The minimum Gasteiger partial charge on any atom is -0.476 e. The maximum absolute atomic E-state index is 12.2. The number of carbonyl (C=O) groups excluding carboxylic acids is 2. The average molecular weight is 437 g/mol. The van der Waals surface area contributed by atoms with Gasteiger partial charge in [0.2, 0.25) is 0 Å². The number of aromatic nitrogens is 1. The summed E-state index contributed by atoms with van der Waals surface area (Å²) >= 11 is 0. The molecule has 4 rings (SSSR count). The van der Waals surface area contributed by atoms with Gasteiger partial charge in [0.1, 0.15) is 5.75 Å². The van der Waals surface area contributed by atoms with Gasteiger partial charge in [-0.05, 0) is 23.8 Å². The topological polar surface area (TPSA) is 134 Å². The smallest absolute Gasteiger partial charge is 0.337 e. The lowest BCUT2D eigenvalue weighted by molar-refractivity contribution is 0.100. The first kappa shape index (κ1) is 20.4. The number of fused-ring (bicyclic) bond motifs is 3. The molecule has 3 aromatic carbocycles. The highest BCUT2D eigenvalue weighted by atomic mass is 32.2. The molecule has 1 aromatic heterocycles. The quantitative estimate of drug-likeness (QED) is 0.478. The van der Waals surface area contributed by atoms with Gasteiger partial charge in [-0.2, -0.15) is 0 Å². The van der Waals surface area contributed by atoms with Crippen LogP contribution in [0.3, 0.4) is 0 Å². The van der Waals surface area contributed by atoms with Crippen molar-refractivity contribution in [1.82, 2.24) is 4.57 Å². The summed E-state index contributed by atoms with van der Waals surface area (Å²) in [6.45, 7) is 0.453. The first-order valence-corrected chi connectivity index (χ1v) is 11.0. The minimum atomic E-state index is -4.27. The average Bonchev–Trinajstić information content (AvgIpc) is 3.07. The lowest BCUT2D eigenvalue weighted by Crippen LogP contribution is -2.27. The Morgan fingerprint density at radius 1 is 0.903 bits per heavy atom. The Morgan fingerprint density at radius 3 is 2.26 bits per heavy atom. The maximum Gasteiger partial charge on any atom is 0.337 e. The zero-order valence-electron chi connectivity index (χ0n) is 16.3. The number of benzene rings is 3. The minimum absolute atomic E-state index is 0.202. The summed E-state index contributed by atoms with van der Waals surface area (Å²) in [4.78, 5) is 23.4. The fourth-order valence-corrected chi connectivity index (χ4v) is 4.00. The second kappa shape index (κ2) is 7.77. The molecule has 0 aliphatic heterocycles. The van der Waals surface area contributed by atoms with Crippen LogP contribution in [0.4, 0.5) is 4.79 Å². The van der Waals surface area contributed by atoms with Gasteiger partial charge in [-0.1, -0.05) is 48.5 Å². The Morgan fingerprint density at radius 2 is 1.58 bits per heavy atom. The van der Waals surface area contributed by atoms with Crippen LogP contribution in [-0.4, -0.2) is 30.1 Å². The lowest BCUT2D eigenvalue weighted by atomic mass is 10.1. The van der Waals surface area contributed by atoms with Gasteiger partial charge in [0.05, 0.1) is 16.5 Å². The van der Waals surface area contributed by atoms with E-state index in [1.165, 1.54) is 12.1 Å². The molecule has 1 heterocycles. The highest BCUT2D eigenvalue weighted by Crippen LogP contribution is 2.38. The van der Waals surface area contributed by atoms with Crippen molar-refractivity contribution in [2.45, 2.75) is 6.54 Å². The maximum atomic E-state index is 12.2. The number of hydrogen-bond acceptors (Lipinski definition) is 5. The number of sulfone groups is 1. The molecule has 0 spiro atoms. The number of nitrogens with zero attached hydrogens (tertiary/aromatic N) is 1. The first-order chi connectivity index (χ1) is 14.8. The SMILES string of the molecule is NC(=O)c1ccc(OCS(=O)(=O)C(N)=O)c2c3ccccc3n(Cc3ccccc3)c12. The molecule has 0 fully saturated rings. The molecular formula is C22H19N3O5S. The molecule has 158 valence electrons. The normalized spacial score (nSPS) is 11.6. The third-order valence-electron chi connectivity index (χ3n) is 5.00. The largest absolute Gasteiger partial charge is 0.476 e. The fourth-order valence-electron chi connectivity index (χ4n) is 3.60. The molecule has 0 aliphatic carbocycles. The molecule has 0 unspecified atom stereocenters. The highest BCUT2D eigenvalue weighted by molar-refractivity contribution is 8.05. The van der Waals surface area contributed by atoms with E-state index in [-0.39, 0.29) is 11.3 Å². The van der Waals surface area contributed by atoms with Crippen LogP contribution in [0.15, 0.2) is 66.7 Å². The summed E-state index contributed by atoms with van der Waals surface area (Å²) in [6.07, 6.45) is 0. The standard InChI is InChI=1S/C22H19N3O5S/c23-21(26)16-10-11-18(30-13-31(28,29)22(24)27)19-15-8-4-5-9-17(15)25(20(16)19)12-14-6-2-1-3-7-14/h1-11H,12-13H2,(H2,23,26)(H2,24,27). The van der Waals surface area contributed by atoms with Crippen LogP contribution >= 0.6 is 0 Å². The molecule has 8 nitrogen and oxygen atoms in total. The Bertz CT molecular complexity index is 1430. The van der Waals surface area contributed by atoms with Crippen molar-refractivity contribution in [3.05, 3.63) is 77.9 Å². The van der Waals surface area contributed by atoms with Gasteiger partial charge in [-0.15, -0.1) is 0 Å². The number of carbonyl (C=O) groups is 2. The van der Waals surface area contributed by atoms with Gasteiger partial charge in [0.25, 0.3) is 15.7 Å². The van der Waals surface area contributed by atoms with E-state index in [0.29, 0.717) is 17.4 Å². The summed E-state index contributed by atoms with van der Waals surface area (Å²) < 4.78 is 31.1. The van der Waals surface area contributed by atoms with E-state index in [0.717, 1.165) is 16.5 Å². The number of ether oxygens (including phenoxy) is 1. The van der Waals surface area contributed by atoms with Crippen LogP contribution < -0.4 is 16.2 Å². The van der Waals surface area contributed by atoms with E-state index in [1.807, 2.05) is 59.2 Å². The zero-order valence-corrected chi connectivity index (χ0v) is 17.1. The number of rotatable bonds is 6. The summed E-state index contributed by atoms with van der Waals surface area (Å²) in [6, 6.07) is 20.1. The van der Waals surface area contributed by atoms with E-state index < -0.39 is 26.9 Å². The molecule has 0 saturated heterocycles. The highest BCUT2D eigenvalue weighted by Gasteiger charge is 2.23. The zero-order chi connectivity index (χ0) is 22.2. The molecule has 9 heteroatoms. The second-order valence-electron chi connectivity index (χ2n) is 6.98. The van der Waals surface area contributed by atoms with Crippen molar-refractivity contribution in [1.29, 1.82) is 0 Å². The van der Waals surface area contributed by atoms with Crippen molar-refractivity contribution in [2.24, 2.45) is 11.5 Å². The van der Waals surface area contributed by atoms with Gasteiger partial charge in [-0.3, -0.25) is 9.59 Å². The van der Waals surface area contributed by atoms with E-state index >= 15 is 0 Å². The molecule has 31 heavy (non-hydrogen) atoms. The molecular weight excluding hydrogens is 418 g/mol. The number of para-hydroxylation sites is 1. The Balaban J connectivity index is 1.98. The number of primary amides is 2. The van der Waals surface area contributed by atoms with Gasteiger partial charge in [-0.25, -0.2) is 8.42 Å². The third kappa shape index (κ3) is 3.71. The van der Waals surface area contributed by atoms with Crippen LogP contribution in [0.25, 0.3) is 21.8 Å². The van der Waals surface area contributed by atoms with Crippen molar-refractivity contribution >= 4 is 42.8 Å². The number of nitrogens with two attached hydrogens (primary N) is 2. The Hall–Kier alpha value is -3.85. The van der Waals surface area contributed by atoms with E-state index in [1.54, 1.807) is 0 Å². The number of hydrogen-bond donors (Lipinski definition) is 2. The van der Waals surface area contributed by atoms with Crippen LogP contribution in [0.2, 0.25) is 0 Å². The first-order valence-electron chi connectivity index (χ1n) is 9.32. The van der Waals surface area contributed by atoms with Crippen LogP contribution in [0.5, 0.6) is 5.75 Å². The molecule has 0 aliphatic rings. The Kier molecular flexibility index (Phi) is 5.12. The van der Waals surface area contributed by atoms with Gasteiger partial charge in [0.15, 0.2) is 5.94 Å². The molecule has 0 saturated carbocycles. The van der Waals surface area contributed by atoms with Gasteiger partial charge < -0.3 is 20.8 Å². The van der Waals surface area contributed by atoms with Gasteiger partial charge >= 0.3 is 5.24 Å². The fraction of sp³-hybridized carbons (Fsp3) is 0.0909. The molecule has 4 N–H and O–H groups in total. The molecule has 0 radical (unpaired) electrons. The third-order valence-corrected chi connectivity index (χ3v) is 6.04. The second-order valence-corrected chi connectivity index (χ2v) is 8.85. The summed E-state index contributed by atoms with van der Waals surface area (Å²) in [5.41, 5.74) is 13.2. The van der Waals surface area contributed by atoms with Crippen LogP contribution in [-0.2, 0) is 16.4 Å². The summed E-state index contributed by atoms with van der Waals surface area (Å²) in [5.74, 6) is -1.34. The number of amides is 2. The van der Waals surface area contributed by atoms with Crippen LogP contribution in [0.1, 0.15) is 15.9 Å². The predicted octanol–water partition coefficient (Wildman–Crippen LogP) is 2.77. The monoisotopic (exact) mass is 437 g/mol. The van der Waals surface area contributed by atoms with Crippen molar-refractivity contribution < 1.29 is 22.7 Å². The van der Waals surface area contributed by atoms with E-state index in [2.05, 4.69) is 0 Å². The van der Waals surface area contributed by atoms with Crippen molar-refractivity contribution in [3.8, 4) is 5.75 Å². The predicted molar refractivity (Wildman–Crippen MR) is 118 cm³/mol. The summed E-state index contributed by atoms with van der Waals surface area (Å²) in [5, 5.41) is -0.186. The lowest BCUT2D eigenvalue weighted by Gasteiger charge is -2.12. The van der Waals surface area contributed by atoms with E-state index in [4.69, 9.17) is 16.2 Å². The molecule has 0 bridgehead atoms. The van der Waals surface area contributed by atoms with Crippen molar-refractivity contribution in [3.63, 3.8) is 0 Å². The molecule has 4 aromatic rings. The van der Waals surface area contributed by atoms with Gasteiger partial charge in [0, 0.05) is 17.4 Å². The summed E-state index contributed by atoms with van der Waals surface area (Å²) in [7, 11) is -4.27. The molecule has 0 atom stereocenters. The van der Waals surface area contributed by atoms with E-state index in [9.17, 15) is 18.0 Å². The van der Waals surface area contributed by atoms with Crippen LogP contribution in [0, 0.1) is 0 Å². The Labute approximate surface area is 177 Å². The van der Waals surface area contributed by atoms with Crippen molar-refractivity contribution in [2.75, 3.05) is 5.94 Å².